The van der Waals surface area contributed by atoms with Crippen LogP contribution >= 0.6 is 0 Å². The average Bonchev–Trinajstić information content (AvgIpc) is 3.06. The van der Waals surface area contributed by atoms with Crippen LogP contribution in [0.5, 0.6) is 0 Å². The fraction of sp³-hybridized carbons (Fsp3) is 0.263. The summed E-state index contributed by atoms with van der Waals surface area (Å²) in [4.78, 5) is 36.3. The largest absolute Gasteiger partial charge is 0.352 e. The van der Waals surface area contributed by atoms with Crippen LogP contribution in [0.15, 0.2) is 48.5 Å². The molecule has 0 saturated carbocycles. The molecule has 3 rings (SSSR count). The molecule has 1 aliphatic rings. The molecule has 134 valence electrons. The number of nitrogens with zero attached hydrogens (tertiary/aromatic N) is 2. The standard InChI is InChI=1S/C19H19N3O4/c23-18(12-15-6-1-2-8-17(15)22(25)26)20-13-14-5-3-7-16(11-14)21-10-4-9-19(21)24/h1-3,5-8,11H,4,9-10,12-13H2,(H,20,23). The zero-order chi connectivity index (χ0) is 18.5. The highest BCUT2D eigenvalue weighted by Crippen LogP contribution is 2.22. The smallest absolute Gasteiger partial charge is 0.273 e. The normalized spacial score (nSPS) is 13.7. The summed E-state index contributed by atoms with van der Waals surface area (Å²) in [5, 5.41) is 13.8. The number of amides is 2. The maximum atomic E-state index is 12.2. The van der Waals surface area contributed by atoms with Crippen LogP contribution in [0.25, 0.3) is 0 Å². The van der Waals surface area contributed by atoms with E-state index in [4.69, 9.17) is 0 Å². The number of hydrogen-bond acceptors (Lipinski definition) is 4. The molecule has 1 N–H and O–H groups in total. The highest BCUT2D eigenvalue weighted by molar-refractivity contribution is 5.95. The van der Waals surface area contributed by atoms with Gasteiger partial charge in [0, 0.05) is 36.8 Å². The van der Waals surface area contributed by atoms with Crippen LogP contribution in [-0.2, 0) is 22.6 Å². The predicted octanol–water partition coefficient (Wildman–Crippen LogP) is 2.58. The topological polar surface area (TPSA) is 92.5 Å². The Bertz CT molecular complexity index is 850. The maximum Gasteiger partial charge on any atom is 0.273 e. The Morgan fingerprint density at radius 2 is 2.00 bits per heavy atom. The number of carbonyl (C=O) groups is 2. The second-order valence-electron chi connectivity index (χ2n) is 6.16. The molecule has 0 spiro atoms. The predicted molar refractivity (Wildman–Crippen MR) is 96.7 cm³/mol. The second kappa shape index (κ2) is 7.77. The lowest BCUT2D eigenvalue weighted by Gasteiger charge is -2.16. The molecule has 2 aromatic rings. The van der Waals surface area contributed by atoms with Crippen molar-refractivity contribution in [1.82, 2.24) is 5.32 Å². The van der Waals surface area contributed by atoms with Crippen LogP contribution in [0.4, 0.5) is 11.4 Å². The number of rotatable bonds is 6. The van der Waals surface area contributed by atoms with E-state index < -0.39 is 4.92 Å². The summed E-state index contributed by atoms with van der Waals surface area (Å²) in [5.74, 6) is -0.176. The Balaban J connectivity index is 1.62. The molecule has 1 saturated heterocycles. The van der Waals surface area contributed by atoms with Gasteiger partial charge in [-0.05, 0) is 24.1 Å². The molecule has 1 aliphatic heterocycles. The minimum absolute atomic E-state index is 0.0541. The minimum Gasteiger partial charge on any atom is -0.352 e. The molecule has 1 fully saturated rings. The number of nitro benzene ring substituents is 1. The molecular weight excluding hydrogens is 334 g/mol. The summed E-state index contributed by atoms with van der Waals surface area (Å²) in [5.41, 5.74) is 2.03. The van der Waals surface area contributed by atoms with Gasteiger partial charge in [-0.1, -0.05) is 30.3 Å². The minimum atomic E-state index is -0.487. The lowest BCUT2D eigenvalue weighted by molar-refractivity contribution is -0.385. The zero-order valence-electron chi connectivity index (χ0n) is 14.2. The Kier molecular flexibility index (Phi) is 5.26. The van der Waals surface area contributed by atoms with Gasteiger partial charge in [0.1, 0.15) is 0 Å². The van der Waals surface area contributed by atoms with Crippen molar-refractivity contribution in [1.29, 1.82) is 0 Å². The van der Waals surface area contributed by atoms with Gasteiger partial charge >= 0.3 is 0 Å². The van der Waals surface area contributed by atoms with Gasteiger partial charge in [0.25, 0.3) is 5.69 Å². The van der Waals surface area contributed by atoms with Crippen LogP contribution in [0, 0.1) is 10.1 Å². The summed E-state index contributed by atoms with van der Waals surface area (Å²) in [7, 11) is 0. The van der Waals surface area contributed by atoms with E-state index in [1.165, 1.54) is 6.07 Å². The van der Waals surface area contributed by atoms with E-state index in [0.717, 1.165) is 17.7 Å². The van der Waals surface area contributed by atoms with Crippen molar-refractivity contribution >= 4 is 23.2 Å². The Morgan fingerprint density at radius 3 is 2.73 bits per heavy atom. The number of anilines is 1. The molecule has 0 radical (unpaired) electrons. The van der Waals surface area contributed by atoms with Gasteiger partial charge in [0.05, 0.1) is 11.3 Å². The summed E-state index contributed by atoms with van der Waals surface area (Å²) >= 11 is 0. The third-order valence-corrected chi connectivity index (χ3v) is 4.32. The Labute approximate surface area is 150 Å². The molecule has 7 nitrogen and oxygen atoms in total. The van der Waals surface area contributed by atoms with Crippen LogP contribution in [0.3, 0.4) is 0 Å². The number of benzene rings is 2. The van der Waals surface area contributed by atoms with Crippen molar-refractivity contribution in [3.8, 4) is 0 Å². The van der Waals surface area contributed by atoms with Gasteiger partial charge in [-0.3, -0.25) is 19.7 Å². The lowest BCUT2D eigenvalue weighted by atomic mass is 10.1. The van der Waals surface area contributed by atoms with Crippen molar-refractivity contribution in [2.75, 3.05) is 11.4 Å². The number of hydrogen-bond donors (Lipinski definition) is 1. The molecule has 0 atom stereocenters. The Hall–Kier alpha value is -3.22. The van der Waals surface area contributed by atoms with Crippen molar-refractivity contribution in [2.24, 2.45) is 0 Å². The highest BCUT2D eigenvalue weighted by atomic mass is 16.6. The molecule has 0 aliphatic carbocycles. The van der Waals surface area contributed by atoms with E-state index in [0.29, 0.717) is 25.1 Å². The monoisotopic (exact) mass is 353 g/mol. The third kappa shape index (κ3) is 4.05. The van der Waals surface area contributed by atoms with Gasteiger partial charge < -0.3 is 10.2 Å². The van der Waals surface area contributed by atoms with Crippen LogP contribution in [0.2, 0.25) is 0 Å². The summed E-state index contributed by atoms with van der Waals surface area (Å²) in [6.07, 6.45) is 1.37. The fourth-order valence-electron chi connectivity index (χ4n) is 3.03. The first-order chi connectivity index (χ1) is 12.5. The third-order valence-electron chi connectivity index (χ3n) is 4.32. The van der Waals surface area contributed by atoms with E-state index in [1.54, 1.807) is 23.1 Å². The zero-order valence-corrected chi connectivity index (χ0v) is 14.2. The first-order valence-corrected chi connectivity index (χ1v) is 8.43. The van der Waals surface area contributed by atoms with E-state index in [9.17, 15) is 19.7 Å². The first-order valence-electron chi connectivity index (χ1n) is 8.43. The SMILES string of the molecule is O=C(Cc1ccccc1[N+](=O)[O-])NCc1cccc(N2CCCC2=O)c1. The molecule has 0 bridgehead atoms. The fourth-order valence-corrected chi connectivity index (χ4v) is 3.03. The van der Waals surface area contributed by atoms with Crippen molar-refractivity contribution in [3.63, 3.8) is 0 Å². The van der Waals surface area contributed by atoms with Gasteiger partial charge in [-0.25, -0.2) is 0 Å². The second-order valence-corrected chi connectivity index (χ2v) is 6.16. The molecule has 26 heavy (non-hydrogen) atoms. The van der Waals surface area contributed by atoms with Gasteiger partial charge in [0.15, 0.2) is 0 Å². The van der Waals surface area contributed by atoms with Gasteiger partial charge in [0.2, 0.25) is 11.8 Å². The number of nitrogens with one attached hydrogen (secondary N) is 1. The first kappa shape index (κ1) is 17.6. The molecule has 7 heteroatoms. The van der Waals surface area contributed by atoms with Crippen LogP contribution in [-0.4, -0.2) is 23.3 Å². The van der Waals surface area contributed by atoms with Crippen molar-refractivity contribution < 1.29 is 14.5 Å². The molecular formula is C19H19N3O4. The molecule has 0 unspecified atom stereocenters. The lowest BCUT2D eigenvalue weighted by Crippen LogP contribution is -2.26. The van der Waals surface area contributed by atoms with E-state index in [1.807, 2.05) is 24.3 Å². The summed E-state index contributed by atoms with van der Waals surface area (Å²) in [6.45, 7) is 1.02. The van der Waals surface area contributed by atoms with E-state index in [2.05, 4.69) is 5.32 Å². The maximum absolute atomic E-state index is 12.2. The van der Waals surface area contributed by atoms with Gasteiger partial charge in [-0.15, -0.1) is 0 Å². The van der Waals surface area contributed by atoms with E-state index in [-0.39, 0.29) is 23.9 Å². The number of carbonyl (C=O) groups excluding carboxylic acids is 2. The van der Waals surface area contributed by atoms with Crippen molar-refractivity contribution in [2.45, 2.75) is 25.8 Å². The van der Waals surface area contributed by atoms with Crippen molar-refractivity contribution in [3.05, 3.63) is 69.8 Å². The molecule has 2 aromatic carbocycles. The highest BCUT2D eigenvalue weighted by Gasteiger charge is 2.21. The van der Waals surface area contributed by atoms with Crippen LogP contribution < -0.4 is 10.2 Å². The van der Waals surface area contributed by atoms with Gasteiger partial charge in [-0.2, -0.15) is 0 Å². The summed E-state index contributed by atoms with van der Waals surface area (Å²) in [6, 6.07) is 13.7. The van der Waals surface area contributed by atoms with E-state index >= 15 is 0 Å². The molecule has 2 amide bonds. The number of para-hydroxylation sites is 1. The number of nitro groups is 1. The average molecular weight is 353 g/mol. The Morgan fingerprint density at radius 1 is 1.19 bits per heavy atom. The van der Waals surface area contributed by atoms with Crippen LogP contribution in [0.1, 0.15) is 24.0 Å². The summed E-state index contributed by atoms with van der Waals surface area (Å²) < 4.78 is 0. The molecule has 1 heterocycles. The molecule has 0 aromatic heterocycles. The quantitative estimate of drug-likeness (QED) is 0.638.